The zero-order chi connectivity index (χ0) is 57.8. The smallest absolute Gasteiger partial charge is 0.305 e. The lowest BCUT2D eigenvalue weighted by molar-refractivity contribution is -0.143. The van der Waals surface area contributed by atoms with Gasteiger partial charge in [0, 0.05) is 12.8 Å². The molecule has 476 valence electrons. The van der Waals surface area contributed by atoms with E-state index in [1.807, 2.05) is 0 Å². The molecule has 2 unspecified atom stereocenters. The average molecular weight is 1130 g/mol. The summed E-state index contributed by atoms with van der Waals surface area (Å²) in [6.07, 6.45) is 87.0. The van der Waals surface area contributed by atoms with E-state index in [2.05, 4.69) is 31.3 Å². The molecule has 0 fully saturated rings. The van der Waals surface area contributed by atoms with Crippen molar-refractivity contribution in [3.8, 4) is 0 Å². The first-order valence-corrected chi connectivity index (χ1v) is 36.9. The molecule has 0 heterocycles. The molecule has 0 aliphatic heterocycles. The van der Waals surface area contributed by atoms with Crippen molar-refractivity contribution in [3.63, 3.8) is 0 Å². The quantitative estimate of drug-likeness (QED) is 0.0320. The predicted octanol–water partition coefficient (Wildman–Crippen LogP) is 23.9. The molecular formula is C74H145NO5. The van der Waals surface area contributed by atoms with E-state index in [0.29, 0.717) is 25.9 Å². The third kappa shape index (κ3) is 65.7. The number of nitrogens with one attached hydrogen (secondary N) is 1. The van der Waals surface area contributed by atoms with Gasteiger partial charge in [-0.2, -0.15) is 0 Å². The normalized spacial score (nSPS) is 12.5. The lowest BCUT2D eigenvalue weighted by Crippen LogP contribution is -2.45. The van der Waals surface area contributed by atoms with Crippen LogP contribution >= 0.6 is 0 Å². The molecule has 2 atom stereocenters. The van der Waals surface area contributed by atoms with Crippen LogP contribution in [0.15, 0.2) is 12.2 Å². The summed E-state index contributed by atoms with van der Waals surface area (Å²) in [6, 6.07) is -0.541. The molecule has 0 spiro atoms. The van der Waals surface area contributed by atoms with Crippen LogP contribution in [0.4, 0.5) is 0 Å². The number of esters is 1. The van der Waals surface area contributed by atoms with Gasteiger partial charge in [0.05, 0.1) is 25.4 Å². The number of hydrogen-bond acceptors (Lipinski definition) is 5. The first-order valence-electron chi connectivity index (χ1n) is 36.9. The van der Waals surface area contributed by atoms with Crippen molar-refractivity contribution < 1.29 is 24.5 Å². The predicted molar refractivity (Wildman–Crippen MR) is 352 cm³/mol. The summed E-state index contributed by atoms with van der Waals surface area (Å²) in [7, 11) is 0. The molecule has 0 saturated heterocycles. The number of aliphatic hydroxyl groups excluding tert-OH is 2. The van der Waals surface area contributed by atoms with Gasteiger partial charge in [0.15, 0.2) is 0 Å². The van der Waals surface area contributed by atoms with E-state index in [9.17, 15) is 19.8 Å². The summed E-state index contributed by atoms with van der Waals surface area (Å²) in [5.41, 5.74) is 0. The highest BCUT2D eigenvalue weighted by atomic mass is 16.5. The highest BCUT2D eigenvalue weighted by Gasteiger charge is 2.20. The molecule has 0 bridgehead atoms. The SMILES string of the molecule is CCCCCCCCCCCCCCCCCCCCC(=O)OCCCCCCCCCCCCCC/C=C\CCCCCCCCCCCCCCC(=O)NC(CO)C(O)CCCCCCCCCCCCCCCCCCC. The number of amides is 1. The number of aliphatic hydroxyl groups is 2. The number of rotatable bonds is 70. The van der Waals surface area contributed by atoms with E-state index in [0.717, 1.165) is 38.5 Å². The number of allylic oxidation sites excluding steroid dienone is 2. The summed E-state index contributed by atoms with van der Waals surface area (Å²) in [6.45, 7) is 5.00. The topological polar surface area (TPSA) is 95.9 Å². The largest absolute Gasteiger partial charge is 0.466 e. The van der Waals surface area contributed by atoms with E-state index in [4.69, 9.17) is 4.74 Å². The van der Waals surface area contributed by atoms with Gasteiger partial charge >= 0.3 is 5.97 Å². The fraction of sp³-hybridized carbons (Fsp3) is 0.946. The zero-order valence-electron chi connectivity index (χ0n) is 54.6. The lowest BCUT2D eigenvalue weighted by Gasteiger charge is -2.22. The van der Waals surface area contributed by atoms with E-state index in [1.165, 1.54) is 353 Å². The third-order valence-corrected chi connectivity index (χ3v) is 17.6. The van der Waals surface area contributed by atoms with Crippen molar-refractivity contribution in [3.05, 3.63) is 12.2 Å². The Morgan fingerprint density at radius 2 is 0.588 bits per heavy atom. The maximum absolute atomic E-state index is 12.5. The highest BCUT2D eigenvalue weighted by Crippen LogP contribution is 2.19. The molecule has 6 nitrogen and oxygen atoms in total. The van der Waals surface area contributed by atoms with Gasteiger partial charge in [-0.1, -0.05) is 373 Å². The van der Waals surface area contributed by atoms with Gasteiger partial charge in [-0.15, -0.1) is 0 Å². The lowest BCUT2D eigenvalue weighted by atomic mass is 10.0. The summed E-state index contributed by atoms with van der Waals surface area (Å²) in [5.74, 6) is -0.00932. The average Bonchev–Trinajstić information content (AvgIpc) is 3.46. The maximum atomic E-state index is 12.5. The molecule has 6 heteroatoms. The minimum atomic E-state index is -0.664. The van der Waals surface area contributed by atoms with Gasteiger partial charge in [-0.25, -0.2) is 0 Å². The van der Waals surface area contributed by atoms with Crippen molar-refractivity contribution in [1.29, 1.82) is 0 Å². The maximum Gasteiger partial charge on any atom is 0.305 e. The fourth-order valence-corrected chi connectivity index (χ4v) is 11.9. The minimum Gasteiger partial charge on any atom is -0.466 e. The van der Waals surface area contributed by atoms with Crippen LogP contribution in [0.3, 0.4) is 0 Å². The monoisotopic (exact) mass is 1130 g/mol. The second-order valence-corrected chi connectivity index (χ2v) is 25.6. The molecule has 0 aromatic rings. The Kier molecular flexibility index (Phi) is 68.9. The number of hydrogen-bond donors (Lipinski definition) is 3. The zero-order valence-corrected chi connectivity index (χ0v) is 54.6. The molecule has 3 N–H and O–H groups in total. The van der Waals surface area contributed by atoms with E-state index < -0.39 is 12.1 Å². The van der Waals surface area contributed by atoms with Crippen LogP contribution < -0.4 is 5.32 Å². The Bertz CT molecular complexity index is 1210. The van der Waals surface area contributed by atoms with Gasteiger partial charge in [0.25, 0.3) is 0 Å². The van der Waals surface area contributed by atoms with Crippen LogP contribution in [0.25, 0.3) is 0 Å². The molecular weight excluding hydrogens is 983 g/mol. The Labute approximate surface area is 501 Å². The van der Waals surface area contributed by atoms with Crippen LogP contribution in [0.1, 0.15) is 425 Å². The second-order valence-electron chi connectivity index (χ2n) is 25.6. The fourth-order valence-electron chi connectivity index (χ4n) is 11.9. The summed E-state index contributed by atoms with van der Waals surface area (Å²) in [5, 5.41) is 23.4. The van der Waals surface area contributed by atoms with Crippen LogP contribution in [0, 0.1) is 0 Å². The van der Waals surface area contributed by atoms with Gasteiger partial charge in [0.2, 0.25) is 5.91 Å². The molecule has 0 saturated carbocycles. The molecule has 0 aromatic carbocycles. The Morgan fingerprint density at radius 1 is 0.338 bits per heavy atom. The third-order valence-electron chi connectivity index (χ3n) is 17.6. The highest BCUT2D eigenvalue weighted by molar-refractivity contribution is 5.76. The second kappa shape index (κ2) is 70.1. The van der Waals surface area contributed by atoms with Crippen LogP contribution in [-0.2, 0) is 14.3 Å². The van der Waals surface area contributed by atoms with Crippen LogP contribution in [0.5, 0.6) is 0 Å². The van der Waals surface area contributed by atoms with Crippen molar-refractivity contribution in [2.75, 3.05) is 13.2 Å². The number of carbonyl (C=O) groups is 2. The number of carbonyl (C=O) groups excluding carboxylic acids is 2. The van der Waals surface area contributed by atoms with E-state index >= 15 is 0 Å². The molecule has 0 radical (unpaired) electrons. The Morgan fingerprint density at radius 3 is 0.887 bits per heavy atom. The van der Waals surface area contributed by atoms with Crippen LogP contribution in [0.2, 0.25) is 0 Å². The van der Waals surface area contributed by atoms with Gasteiger partial charge in [-0.3, -0.25) is 9.59 Å². The minimum absolute atomic E-state index is 0.0214. The molecule has 0 rings (SSSR count). The summed E-state index contributed by atoms with van der Waals surface area (Å²) < 4.78 is 5.51. The first-order chi connectivity index (χ1) is 39.5. The Hall–Kier alpha value is -1.40. The van der Waals surface area contributed by atoms with Gasteiger partial charge < -0.3 is 20.3 Å². The van der Waals surface area contributed by atoms with Crippen LogP contribution in [-0.4, -0.2) is 47.4 Å². The van der Waals surface area contributed by atoms with E-state index in [1.54, 1.807) is 0 Å². The molecule has 0 aliphatic rings. The standard InChI is InChI=1S/C74H145NO5/c1-3-5-7-9-11-13-15-17-19-21-36-40-44-48-52-56-60-64-68-74(79)80-69-65-61-57-53-49-45-41-37-33-31-29-27-25-23-22-24-26-28-30-32-35-39-43-47-51-55-59-63-67-73(78)75-71(70-76)72(77)66-62-58-54-50-46-42-38-34-20-18-16-14-12-10-8-6-4-2/h22-23,71-72,76-77H,3-21,24-70H2,1-2H3,(H,75,78)/b23-22-. The molecule has 0 aromatic heterocycles. The van der Waals surface area contributed by atoms with Crippen molar-refractivity contribution in [2.45, 2.75) is 437 Å². The summed E-state index contributed by atoms with van der Waals surface area (Å²) in [4.78, 5) is 24.6. The van der Waals surface area contributed by atoms with Gasteiger partial charge in [0.1, 0.15) is 0 Å². The molecule has 80 heavy (non-hydrogen) atoms. The first kappa shape index (κ1) is 78.6. The Balaban J connectivity index is 3.35. The van der Waals surface area contributed by atoms with Crippen molar-refractivity contribution in [2.24, 2.45) is 0 Å². The van der Waals surface area contributed by atoms with Gasteiger partial charge in [-0.05, 0) is 51.4 Å². The number of unbranched alkanes of at least 4 members (excludes halogenated alkanes) is 57. The summed E-state index contributed by atoms with van der Waals surface area (Å²) >= 11 is 0. The molecule has 1 amide bonds. The van der Waals surface area contributed by atoms with Crippen molar-refractivity contribution in [1.82, 2.24) is 5.32 Å². The van der Waals surface area contributed by atoms with E-state index in [-0.39, 0.29) is 18.5 Å². The number of ether oxygens (including phenoxy) is 1. The molecule has 0 aliphatic carbocycles. The van der Waals surface area contributed by atoms with Crippen molar-refractivity contribution >= 4 is 11.9 Å².